The highest BCUT2D eigenvalue weighted by Gasteiger charge is 2.46. The maximum absolute atomic E-state index is 11.6. The molecule has 0 fully saturated rings. The third-order valence-electron chi connectivity index (χ3n) is 2.21. The molecule has 3 atom stereocenters. The fourth-order valence-electron chi connectivity index (χ4n) is 1.48. The van der Waals surface area contributed by atoms with Crippen LogP contribution in [0.4, 0.5) is 0 Å². The summed E-state index contributed by atoms with van der Waals surface area (Å²) in [5.74, 6) is -2.31. The SMILES string of the molecule is CCOC(=O)[C@H]1[C@@H](C#N)N=N[C@H]1C(=O)OCC. The predicted molar refractivity (Wildman–Crippen MR) is 54.8 cm³/mol. The molecule has 0 N–H and O–H groups in total. The summed E-state index contributed by atoms with van der Waals surface area (Å²) in [4.78, 5) is 23.2. The van der Waals surface area contributed by atoms with E-state index >= 15 is 0 Å². The Balaban J connectivity index is 2.83. The number of nitriles is 1. The highest BCUT2D eigenvalue weighted by atomic mass is 16.5. The van der Waals surface area contributed by atoms with E-state index in [-0.39, 0.29) is 13.2 Å². The first-order valence-corrected chi connectivity index (χ1v) is 5.28. The topological polar surface area (TPSA) is 101 Å². The summed E-state index contributed by atoms with van der Waals surface area (Å²) in [7, 11) is 0. The van der Waals surface area contributed by atoms with E-state index in [1.165, 1.54) is 0 Å². The highest BCUT2D eigenvalue weighted by Crippen LogP contribution is 2.25. The van der Waals surface area contributed by atoms with Crippen molar-refractivity contribution in [1.82, 2.24) is 0 Å². The number of nitrogens with zero attached hydrogens (tertiary/aromatic N) is 3. The maximum atomic E-state index is 11.6. The second-order valence-electron chi connectivity index (χ2n) is 3.28. The van der Waals surface area contributed by atoms with Crippen LogP contribution in [0.15, 0.2) is 10.2 Å². The van der Waals surface area contributed by atoms with Crippen molar-refractivity contribution in [2.75, 3.05) is 13.2 Å². The lowest BCUT2D eigenvalue weighted by Crippen LogP contribution is -2.38. The van der Waals surface area contributed by atoms with E-state index in [1.54, 1.807) is 13.8 Å². The average Bonchev–Trinajstić information content (AvgIpc) is 2.73. The lowest BCUT2D eigenvalue weighted by atomic mass is 9.95. The van der Waals surface area contributed by atoms with Gasteiger partial charge in [0.1, 0.15) is 5.92 Å². The van der Waals surface area contributed by atoms with Gasteiger partial charge in [0.15, 0.2) is 12.1 Å². The molecule has 0 saturated heterocycles. The Labute approximate surface area is 98.4 Å². The van der Waals surface area contributed by atoms with Gasteiger partial charge in [-0.25, -0.2) is 4.79 Å². The van der Waals surface area contributed by atoms with E-state index < -0.39 is 29.9 Å². The smallest absolute Gasteiger partial charge is 0.333 e. The Morgan fingerprint density at radius 3 is 2.29 bits per heavy atom. The first kappa shape index (κ1) is 13.1. The van der Waals surface area contributed by atoms with Crippen LogP contribution in [0.25, 0.3) is 0 Å². The van der Waals surface area contributed by atoms with E-state index in [0.29, 0.717) is 0 Å². The fourth-order valence-corrected chi connectivity index (χ4v) is 1.48. The molecule has 0 radical (unpaired) electrons. The molecule has 0 aromatic rings. The van der Waals surface area contributed by atoms with Gasteiger partial charge in [-0.3, -0.25) is 4.79 Å². The molecule has 0 aromatic carbocycles. The first-order valence-electron chi connectivity index (χ1n) is 5.28. The van der Waals surface area contributed by atoms with Crippen molar-refractivity contribution in [3.8, 4) is 6.07 Å². The largest absolute Gasteiger partial charge is 0.466 e. The maximum Gasteiger partial charge on any atom is 0.333 e. The molecule has 1 aliphatic heterocycles. The van der Waals surface area contributed by atoms with Gasteiger partial charge in [-0.1, -0.05) is 0 Å². The summed E-state index contributed by atoms with van der Waals surface area (Å²) in [6, 6.07) is -0.242. The molecule has 1 aliphatic rings. The van der Waals surface area contributed by atoms with Crippen LogP contribution in [0.3, 0.4) is 0 Å². The molecular formula is C10H13N3O4. The van der Waals surface area contributed by atoms with Crippen LogP contribution in [-0.4, -0.2) is 37.2 Å². The quantitative estimate of drug-likeness (QED) is 0.663. The van der Waals surface area contributed by atoms with Gasteiger partial charge in [-0.15, -0.1) is 0 Å². The Morgan fingerprint density at radius 1 is 1.18 bits per heavy atom. The van der Waals surface area contributed by atoms with Crippen LogP contribution in [0.2, 0.25) is 0 Å². The molecule has 7 nitrogen and oxygen atoms in total. The molecule has 0 aromatic heterocycles. The number of rotatable bonds is 4. The van der Waals surface area contributed by atoms with E-state index in [2.05, 4.69) is 10.2 Å². The third-order valence-corrected chi connectivity index (χ3v) is 2.21. The molecule has 0 unspecified atom stereocenters. The van der Waals surface area contributed by atoms with Crippen LogP contribution in [0.5, 0.6) is 0 Å². The summed E-state index contributed by atoms with van der Waals surface area (Å²) in [6.45, 7) is 3.63. The molecule has 17 heavy (non-hydrogen) atoms. The van der Waals surface area contributed by atoms with E-state index in [0.717, 1.165) is 0 Å². The van der Waals surface area contributed by atoms with E-state index in [9.17, 15) is 9.59 Å². The number of carbonyl (C=O) groups excluding carboxylic acids is 2. The van der Waals surface area contributed by atoms with Crippen molar-refractivity contribution in [1.29, 1.82) is 5.26 Å². The van der Waals surface area contributed by atoms with E-state index in [1.807, 2.05) is 6.07 Å². The predicted octanol–water partition coefficient (Wildman–Crippen LogP) is 0.455. The molecule has 92 valence electrons. The van der Waals surface area contributed by atoms with Crippen molar-refractivity contribution in [2.45, 2.75) is 25.9 Å². The number of carbonyl (C=O) groups is 2. The fraction of sp³-hybridized carbons (Fsp3) is 0.700. The Morgan fingerprint density at radius 2 is 1.76 bits per heavy atom. The number of esters is 2. The van der Waals surface area contributed by atoms with Gasteiger partial charge in [-0.2, -0.15) is 15.5 Å². The van der Waals surface area contributed by atoms with Crippen molar-refractivity contribution < 1.29 is 19.1 Å². The zero-order valence-electron chi connectivity index (χ0n) is 9.62. The number of ether oxygens (including phenoxy) is 2. The lowest BCUT2D eigenvalue weighted by Gasteiger charge is -2.15. The minimum atomic E-state index is -1.07. The minimum absolute atomic E-state index is 0.170. The van der Waals surface area contributed by atoms with Gasteiger partial charge in [-0.05, 0) is 13.8 Å². The summed E-state index contributed by atoms with van der Waals surface area (Å²) >= 11 is 0. The second-order valence-corrected chi connectivity index (χ2v) is 3.28. The Kier molecular flexibility index (Phi) is 4.57. The lowest BCUT2D eigenvalue weighted by molar-refractivity contribution is -0.155. The molecule has 0 aliphatic carbocycles. The van der Waals surface area contributed by atoms with Gasteiger partial charge in [0, 0.05) is 0 Å². The van der Waals surface area contributed by atoms with Gasteiger partial charge >= 0.3 is 11.9 Å². The molecule has 7 heteroatoms. The summed E-state index contributed by atoms with van der Waals surface area (Å²) in [5.41, 5.74) is 0. The highest BCUT2D eigenvalue weighted by molar-refractivity contribution is 5.86. The molecule has 1 heterocycles. The molecular weight excluding hydrogens is 226 g/mol. The van der Waals surface area contributed by atoms with Crippen LogP contribution in [-0.2, 0) is 19.1 Å². The second kappa shape index (κ2) is 5.94. The first-order chi connectivity index (χ1) is 8.15. The molecule has 0 bridgehead atoms. The van der Waals surface area contributed by atoms with Crippen molar-refractivity contribution in [3.63, 3.8) is 0 Å². The number of azo groups is 1. The Hall–Kier alpha value is -1.97. The monoisotopic (exact) mass is 239 g/mol. The van der Waals surface area contributed by atoms with Gasteiger partial charge in [0.05, 0.1) is 19.3 Å². The molecule has 1 rings (SSSR count). The molecule has 0 spiro atoms. The summed E-state index contributed by atoms with van der Waals surface area (Å²) in [6.07, 6.45) is 0. The van der Waals surface area contributed by atoms with Gasteiger partial charge in [0.25, 0.3) is 0 Å². The third kappa shape index (κ3) is 2.78. The zero-order chi connectivity index (χ0) is 12.8. The standard InChI is InChI=1S/C10H13N3O4/c1-3-16-9(14)7-6(5-11)12-13-8(7)10(15)17-4-2/h6-8H,3-4H2,1-2H3/t6-,7+,8-/m1/s1. The summed E-state index contributed by atoms with van der Waals surface area (Å²) in [5, 5.41) is 16.0. The van der Waals surface area contributed by atoms with Crippen LogP contribution < -0.4 is 0 Å². The van der Waals surface area contributed by atoms with Crippen LogP contribution in [0.1, 0.15) is 13.8 Å². The average molecular weight is 239 g/mol. The van der Waals surface area contributed by atoms with Crippen LogP contribution in [0, 0.1) is 17.2 Å². The number of hydrogen-bond acceptors (Lipinski definition) is 7. The van der Waals surface area contributed by atoms with E-state index in [4.69, 9.17) is 14.7 Å². The van der Waals surface area contributed by atoms with Crippen LogP contribution >= 0.6 is 0 Å². The molecule has 0 saturated carbocycles. The van der Waals surface area contributed by atoms with Crippen molar-refractivity contribution in [2.24, 2.45) is 16.1 Å². The van der Waals surface area contributed by atoms with Gasteiger partial charge in [0.2, 0.25) is 0 Å². The molecule has 0 amide bonds. The minimum Gasteiger partial charge on any atom is -0.466 e. The zero-order valence-corrected chi connectivity index (χ0v) is 9.62. The summed E-state index contributed by atoms with van der Waals surface area (Å²) < 4.78 is 9.57. The number of hydrogen-bond donors (Lipinski definition) is 0. The van der Waals surface area contributed by atoms with Gasteiger partial charge < -0.3 is 9.47 Å². The Bertz CT molecular complexity index is 374. The van der Waals surface area contributed by atoms with Crippen molar-refractivity contribution >= 4 is 11.9 Å². The normalized spacial score (nSPS) is 26.3. The van der Waals surface area contributed by atoms with Crippen molar-refractivity contribution in [3.05, 3.63) is 0 Å².